The van der Waals surface area contributed by atoms with Gasteiger partial charge >= 0.3 is 5.97 Å². The van der Waals surface area contributed by atoms with Gasteiger partial charge in [-0.1, -0.05) is 18.2 Å². The number of hydrogen-bond acceptors (Lipinski definition) is 6. The highest BCUT2D eigenvalue weighted by Crippen LogP contribution is 2.18. The van der Waals surface area contributed by atoms with Gasteiger partial charge < -0.3 is 4.74 Å². The van der Waals surface area contributed by atoms with Crippen LogP contribution in [0.5, 0.6) is 0 Å². The van der Waals surface area contributed by atoms with Crippen LogP contribution in [0.3, 0.4) is 0 Å². The molecule has 1 aromatic carbocycles. The number of para-hydroxylation sites is 1. The Labute approximate surface area is 112 Å². The van der Waals surface area contributed by atoms with Crippen molar-refractivity contribution in [3.63, 3.8) is 0 Å². The zero-order valence-corrected chi connectivity index (χ0v) is 10.6. The zero-order valence-electron chi connectivity index (χ0n) is 9.81. The second kappa shape index (κ2) is 6.05. The van der Waals surface area contributed by atoms with Crippen LogP contribution in [0.15, 0.2) is 35.2 Å². The summed E-state index contributed by atoms with van der Waals surface area (Å²) in [6.07, 6.45) is 0.299. The maximum Gasteiger partial charge on any atom is 0.357 e. The molecular weight excluding hydrogens is 268 g/mol. The number of carbonyl (C=O) groups is 1. The summed E-state index contributed by atoms with van der Waals surface area (Å²) in [4.78, 5) is 25.7. The molecule has 0 radical (unpaired) electrons. The molecule has 0 N–H and O–H groups in total. The van der Waals surface area contributed by atoms with Crippen molar-refractivity contribution >= 4 is 23.0 Å². The molecule has 0 aliphatic rings. The average molecular weight is 278 g/mol. The number of aromatic nitrogens is 1. The smallest absolute Gasteiger partial charge is 0.357 e. The first kappa shape index (κ1) is 13.2. The van der Waals surface area contributed by atoms with Gasteiger partial charge in [-0.3, -0.25) is 10.1 Å². The molecule has 0 aliphatic heterocycles. The van der Waals surface area contributed by atoms with Crippen LogP contribution in [0.1, 0.15) is 16.1 Å². The Balaban J connectivity index is 1.93. The summed E-state index contributed by atoms with van der Waals surface area (Å²) in [7, 11) is 0. The molecule has 0 unspecified atom stereocenters. The Hall–Kier alpha value is -2.28. The van der Waals surface area contributed by atoms with Gasteiger partial charge in [0, 0.05) is 23.4 Å². The number of benzene rings is 1. The first-order valence-electron chi connectivity index (χ1n) is 5.46. The zero-order chi connectivity index (χ0) is 13.7. The minimum absolute atomic E-state index is 0.0345. The van der Waals surface area contributed by atoms with Gasteiger partial charge in [-0.2, -0.15) is 0 Å². The van der Waals surface area contributed by atoms with Crippen molar-refractivity contribution in [1.29, 1.82) is 0 Å². The minimum Gasteiger partial charge on any atom is -0.461 e. The number of nitro groups is 1. The normalized spacial score (nSPS) is 10.1. The fraction of sp³-hybridized carbons (Fsp3) is 0.167. The van der Waals surface area contributed by atoms with E-state index in [0.29, 0.717) is 12.0 Å². The molecule has 19 heavy (non-hydrogen) atoms. The molecule has 1 heterocycles. The molecular formula is C12H10N2O4S. The molecule has 2 rings (SSSR count). The predicted molar refractivity (Wildman–Crippen MR) is 69.2 cm³/mol. The van der Waals surface area contributed by atoms with Crippen LogP contribution in [0.4, 0.5) is 5.69 Å². The first-order valence-corrected chi connectivity index (χ1v) is 6.40. The third-order valence-corrected chi connectivity index (χ3v) is 3.02. The number of carbonyl (C=O) groups excluding carboxylic acids is 1. The number of thiazole rings is 1. The Morgan fingerprint density at radius 2 is 2.21 bits per heavy atom. The van der Waals surface area contributed by atoms with E-state index in [2.05, 4.69) is 4.98 Å². The van der Waals surface area contributed by atoms with Crippen LogP contribution in [-0.4, -0.2) is 22.5 Å². The van der Waals surface area contributed by atoms with Gasteiger partial charge in [0.05, 0.1) is 17.0 Å². The van der Waals surface area contributed by atoms with Crippen LogP contribution in [0.2, 0.25) is 0 Å². The fourth-order valence-corrected chi connectivity index (χ4v) is 2.06. The van der Waals surface area contributed by atoms with E-state index in [1.165, 1.54) is 17.4 Å². The largest absolute Gasteiger partial charge is 0.461 e. The highest BCUT2D eigenvalue weighted by atomic mass is 32.1. The molecule has 0 saturated carbocycles. The lowest BCUT2D eigenvalue weighted by atomic mass is 10.1. The van der Waals surface area contributed by atoms with Gasteiger partial charge in [0.25, 0.3) is 5.69 Å². The monoisotopic (exact) mass is 278 g/mol. The van der Waals surface area contributed by atoms with E-state index >= 15 is 0 Å². The first-order chi connectivity index (χ1) is 9.18. The molecule has 0 bridgehead atoms. The summed E-state index contributed by atoms with van der Waals surface area (Å²) in [5.74, 6) is -0.514. The van der Waals surface area contributed by atoms with Crippen molar-refractivity contribution in [2.75, 3.05) is 6.61 Å². The molecule has 0 spiro atoms. The minimum atomic E-state index is -0.514. The van der Waals surface area contributed by atoms with Gasteiger partial charge in [0.1, 0.15) is 0 Å². The maximum atomic E-state index is 11.5. The number of nitrogens with zero attached hydrogens (tertiary/aromatic N) is 2. The Morgan fingerprint density at radius 1 is 1.42 bits per heavy atom. The number of nitro benzene ring substituents is 1. The third-order valence-electron chi connectivity index (χ3n) is 2.43. The average Bonchev–Trinajstić information content (AvgIpc) is 2.93. The van der Waals surface area contributed by atoms with Crippen molar-refractivity contribution in [3.05, 3.63) is 56.5 Å². The fourth-order valence-electron chi connectivity index (χ4n) is 1.54. The molecule has 0 amide bonds. The van der Waals surface area contributed by atoms with Crippen molar-refractivity contribution in [1.82, 2.24) is 4.98 Å². The van der Waals surface area contributed by atoms with E-state index in [1.807, 2.05) is 0 Å². The number of hydrogen-bond donors (Lipinski definition) is 0. The van der Waals surface area contributed by atoms with Crippen LogP contribution in [0, 0.1) is 10.1 Å². The Bertz CT molecular complexity index is 583. The van der Waals surface area contributed by atoms with Crippen LogP contribution in [0.25, 0.3) is 0 Å². The van der Waals surface area contributed by atoms with Crippen molar-refractivity contribution < 1.29 is 14.5 Å². The Morgan fingerprint density at radius 3 is 2.89 bits per heavy atom. The lowest BCUT2D eigenvalue weighted by Gasteiger charge is -2.04. The van der Waals surface area contributed by atoms with E-state index in [4.69, 9.17) is 4.74 Å². The quantitative estimate of drug-likeness (QED) is 0.476. The topological polar surface area (TPSA) is 82.3 Å². The van der Waals surface area contributed by atoms with E-state index < -0.39 is 10.9 Å². The van der Waals surface area contributed by atoms with Crippen LogP contribution >= 0.6 is 11.3 Å². The molecule has 0 saturated heterocycles. The van der Waals surface area contributed by atoms with E-state index in [-0.39, 0.29) is 18.0 Å². The molecule has 98 valence electrons. The molecule has 0 fully saturated rings. The maximum absolute atomic E-state index is 11.5. The summed E-state index contributed by atoms with van der Waals surface area (Å²) in [5, 5.41) is 12.4. The van der Waals surface area contributed by atoms with Gasteiger partial charge in [-0.05, 0) is 0 Å². The van der Waals surface area contributed by atoms with Crippen molar-refractivity contribution in [2.45, 2.75) is 6.42 Å². The van der Waals surface area contributed by atoms with Gasteiger partial charge in [-0.15, -0.1) is 11.3 Å². The number of rotatable bonds is 5. The van der Waals surface area contributed by atoms with Crippen molar-refractivity contribution in [3.8, 4) is 0 Å². The van der Waals surface area contributed by atoms with Crippen LogP contribution in [-0.2, 0) is 11.2 Å². The van der Waals surface area contributed by atoms with E-state index in [0.717, 1.165) is 0 Å². The van der Waals surface area contributed by atoms with E-state index in [1.54, 1.807) is 29.1 Å². The number of esters is 1. The SMILES string of the molecule is O=C(OCCc1ccccc1[N+](=O)[O-])c1cscn1. The highest BCUT2D eigenvalue weighted by Gasteiger charge is 2.13. The standard InChI is InChI=1S/C12H10N2O4S/c15-12(10-7-19-8-13-10)18-6-5-9-3-1-2-4-11(9)14(16)17/h1-4,7-8H,5-6H2. The summed E-state index contributed by atoms with van der Waals surface area (Å²) in [6, 6.07) is 6.39. The Kier molecular flexibility index (Phi) is 4.19. The van der Waals surface area contributed by atoms with Crippen LogP contribution < -0.4 is 0 Å². The highest BCUT2D eigenvalue weighted by molar-refractivity contribution is 7.07. The summed E-state index contributed by atoms with van der Waals surface area (Å²) in [5.41, 5.74) is 2.37. The lowest BCUT2D eigenvalue weighted by Crippen LogP contribution is -2.09. The van der Waals surface area contributed by atoms with Gasteiger partial charge in [-0.25, -0.2) is 9.78 Å². The molecule has 0 atom stereocenters. The molecule has 1 aromatic heterocycles. The third kappa shape index (κ3) is 3.35. The molecule has 0 aliphatic carbocycles. The summed E-state index contributed by atoms with van der Waals surface area (Å²) < 4.78 is 5.01. The number of ether oxygens (including phenoxy) is 1. The van der Waals surface area contributed by atoms with E-state index in [9.17, 15) is 14.9 Å². The predicted octanol–water partition coefficient (Wildman–Crippen LogP) is 2.45. The molecule has 2 aromatic rings. The van der Waals surface area contributed by atoms with Gasteiger partial charge in [0.2, 0.25) is 0 Å². The molecule has 6 nitrogen and oxygen atoms in total. The van der Waals surface area contributed by atoms with Gasteiger partial charge in [0.15, 0.2) is 5.69 Å². The second-order valence-corrected chi connectivity index (χ2v) is 4.36. The van der Waals surface area contributed by atoms with Crippen molar-refractivity contribution in [2.24, 2.45) is 0 Å². The summed E-state index contributed by atoms with van der Waals surface area (Å²) >= 11 is 1.30. The summed E-state index contributed by atoms with van der Waals surface area (Å²) in [6.45, 7) is 0.0845. The lowest BCUT2D eigenvalue weighted by molar-refractivity contribution is -0.385. The second-order valence-electron chi connectivity index (χ2n) is 3.65. The molecule has 7 heteroatoms.